The monoisotopic (exact) mass is 172 g/mol. The van der Waals surface area contributed by atoms with Crippen LogP contribution in [0.25, 0.3) is 0 Å². The maximum Gasteiger partial charge on any atom is 0.322 e. The Morgan fingerprint density at radius 2 is 2.25 bits per heavy atom. The van der Waals surface area contributed by atoms with E-state index in [0.29, 0.717) is 6.54 Å². The Labute approximate surface area is 72.8 Å². The van der Waals surface area contributed by atoms with E-state index >= 15 is 0 Å². The minimum absolute atomic E-state index is 0.321. The molecule has 0 aromatic rings. The molecule has 0 radical (unpaired) electrons. The predicted molar refractivity (Wildman–Crippen MR) is 46.2 cm³/mol. The average Bonchev–Trinajstić information content (AvgIpc) is 2.05. The fourth-order valence-electron chi connectivity index (χ4n) is 1.48. The second-order valence-corrected chi connectivity index (χ2v) is 3.23. The highest BCUT2D eigenvalue weighted by atomic mass is 16.4. The zero-order valence-electron chi connectivity index (χ0n) is 7.66. The van der Waals surface area contributed by atoms with Crippen LogP contribution in [0.1, 0.15) is 6.92 Å². The van der Waals surface area contributed by atoms with Crippen molar-refractivity contribution < 1.29 is 9.90 Å². The Hall–Kier alpha value is -0.610. The molecule has 1 unspecified atom stereocenters. The highest BCUT2D eigenvalue weighted by molar-refractivity contribution is 5.73. The van der Waals surface area contributed by atoms with Crippen molar-refractivity contribution in [3.05, 3.63) is 0 Å². The maximum atomic E-state index is 10.8. The number of carbonyl (C=O) groups is 1. The molecule has 1 atom stereocenters. The van der Waals surface area contributed by atoms with Crippen molar-refractivity contribution in [3.63, 3.8) is 0 Å². The van der Waals surface area contributed by atoms with E-state index in [9.17, 15) is 4.79 Å². The van der Waals surface area contributed by atoms with E-state index in [0.717, 1.165) is 19.6 Å². The zero-order valence-corrected chi connectivity index (χ0v) is 7.66. The van der Waals surface area contributed by atoms with Gasteiger partial charge in [0.15, 0.2) is 0 Å². The van der Waals surface area contributed by atoms with E-state index in [1.165, 1.54) is 0 Å². The SMILES string of the molecule is CCN1CCN(C)C(C(=O)O)C1. The molecule has 0 spiro atoms. The minimum Gasteiger partial charge on any atom is -0.480 e. The summed E-state index contributed by atoms with van der Waals surface area (Å²) in [6.07, 6.45) is 0. The molecule has 70 valence electrons. The molecular formula is C8H16N2O2. The van der Waals surface area contributed by atoms with Crippen molar-refractivity contribution in [2.75, 3.05) is 33.2 Å². The van der Waals surface area contributed by atoms with Crippen molar-refractivity contribution in [1.82, 2.24) is 9.80 Å². The van der Waals surface area contributed by atoms with E-state index in [2.05, 4.69) is 11.8 Å². The molecule has 1 aliphatic heterocycles. The van der Waals surface area contributed by atoms with Crippen LogP contribution in [0.2, 0.25) is 0 Å². The molecule has 0 bridgehead atoms. The Morgan fingerprint density at radius 1 is 1.58 bits per heavy atom. The van der Waals surface area contributed by atoms with E-state index < -0.39 is 5.97 Å². The van der Waals surface area contributed by atoms with Crippen molar-refractivity contribution in [2.24, 2.45) is 0 Å². The standard InChI is InChI=1S/C8H16N2O2/c1-3-10-5-4-9(2)7(6-10)8(11)12/h7H,3-6H2,1-2H3,(H,11,12). The van der Waals surface area contributed by atoms with Crippen molar-refractivity contribution in [1.29, 1.82) is 0 Å². The summed E-state index contributed by atoms with van der Waals surface area (Å²) in [5.41, 5.74) is 0. The second kappa shape index (κ2) is 3.87. The topological polar surface area (TPSA) is 43.8 Å². The Balaban J connectivity index is 2.53. The third-order valence-corrected chi connectivity index (χ3v) is 2.46. The summed E-state index contributed by atoms with van der Waals surface area (Å²) in [5.74, 6) is -0.712. The van der Waals surface area contributed by atoms with Gasteiger partial charge < -0.3 is 10.0 Å². The summed E-state index contributed by atoms with van der Waals surface area (Å²) in [4.78, 5) is 14.8. The smallest absolute Gasteiger partial charge is 0.322 e. The van der Waals surface area contributed by atoms with Gasteiger partial charge in [0.1, 0.15) is 6.04 Å². The normalized spacial score (nSPS) is 27.3. The third-order valence-electron chi connectivity index (χ3n) is 2.46. The van der Waals surface area contributed by atoms with Gasteiger partial charge in [-0.1, -0.05) is 6.92 Å². The quantitative estimate of drug-likeness (QED) is 0.621. The Morgan fingerprint density at radius 3 is 2.75 bits per heavy atom. The molecule has 0 aromatic heterocycles. The van der Waals surface area contributed by atoms with Crippen LogP contribution in [-0.2, 0) is 4.79 Å². The van der Waals surface area contributed by atoms with E-state index in [4.69, 9.17) is 5.11 Å². The molecule has 4 nitrogen and oxygen atoms in total. The number of hydrogen-bond donors (Lipinski definition) is 1. The largest absolute Gasteiger partial charge is 0.480 e. The zero-order chi connectivity index (χ0) is 9.14. The van der Waals surface area contributed by atoms with Crippen LogP contribution < -0.4 is 0 Å². The molecule has 1 N–H and O–H groups in total. The maximum absolute atomic E-state index is 10.8. The molecule has 0 aromatic carbocycles. The van der Waals surface area contributed by atoms with Gasteiger partial charge in [0.2, 0.25) is 0 Å². The van der Waals surface area contributed by atoms with Crippen LogP contribution in [0.5, 0.6) is 0 Å². The highest BCUT2D eigenvalue weighted by Gasteiger charge is 2.28. The lowest BCUT2D eigenvalue weighted by Gasteiger charge is -2.36. The lowest BCUT2D eigenvalue weighted by molar-refractivity contribution is -0.145. The van der Waals surface area contributed by atoms with Crippen LogP contribution in [0, 0.1) is 0 Å². The molecular weight excluding hydrogens is 156 g/mol. The van der Waals surface area contributed by atoms with Crippen LogP contribution in [0.3, 0.4) is 0 Å². The van der Waals surface area contributed by atoms with E-state index in [1.807, 2.05) is 11.9 Å². The van der Waals surface area contributed by atoms with Gasteiger partial charge >= 0.3 is 5.97 Å². The number of carboxylic acid groups (broad SMARTS) is 1. The third kappa shape index (κ3) is 1.95. The van der Waals surface area contributed by atoms with E-state index in [-0.39, 0.29) is 6.04 Å². The van der Waals surface area contributed by atoms with Crippen LogP contribution in [0.15, 0.2) is 0 Å². The molecule has 1 rings (SSSR count). The number of nitrogens with zero attached hydrogens (tertiary/aromatic N) is 2. The Bertz CT molecular complexity index is 172. The number of rotatable bonds is 2. The van der Waals surface area contributed by atoms with Gasteiger partial charge in [-0.05, 0) is 13.6 Å². The predicted octanol–water partition coefficient (Wildman–Crippen LogP) is -0.293. The summed E-state index contributed by atoms with van der Waals surface area (Å²) in [6, 6.07) is -0.321. The van der Waals surface area contributed by atoms with Gasteiger partial charge in [0, 0.05) is 19.6 Å². The van der Waals surface area contributed by atoms with Gasteiger partial charge in [0.25, 0.3) is 0 Å². The number of likely N-dealkylation sites (N-methyl/N-ethyl adjacent to an activating group) is 2. The molecule has 4 heteroatoms. The summed E-state index contributed by atoms with van der Waals surface area (Å²) in [5, 5.41) is 8.85. The Kier molecular flexibility index (Phi) is 3.05. The molecule has 1 heterocycles. The summed E-state index contributed by atoms with van der Waals surface area (Å²) in [7, 11) is 1.87. The average molecular weight is 172 g/mol. The minimum atomic E-state index is -0.712. The van der Waals surface area contributed by atoms with Crippen LogP contribution >= 0.6 is 0 Å². The molecule has 0 aliphatic carbocycles. The van der Waals surface area contributed by atoms with Crippen molar-refractivity contribution >= 4 is 5.97 Å². The number of carboxylic acids is 1. The lowest BCUT2D eigenvalue weighted by atomic mass is 10.2. The fraction of sp³-hybridized carbons (Fsp3) is 0.875. The second-order valence-electron chi connectivity index (χ2n) is 3.23. The highest BCUT2D eigenvalue weighted by Crippen LogP contribution is 2.06. The van der Waals surface area contributed by atoms with Gasteiger partial charge in [-0.2, -0.15) is 0 Å². The molecule has 1 fully saturated rings. The first-order valence-corrected chi connectivity index (χ1v) is 4.30. The molecule has 0 amide bonds. The first kappa shape index (κ1) is 9.48. The van der Waals surface area contributed by atoms with Crippen molar-refractivity contribution in [3.8, 4) is 0 Å². The number of hydrogen-bond acceptors (Lipinski definition) is 3. The van der Waals surface area contributed by atoms with Gasteiger partial charge in [-0.25, -0.2) is 0 Å². The fourth-order valence-corrected chi connectivity index (χ4v) is 1.48. The van der Waals surface area contributed by atoms with Crippen LogP contribution in [-0.4, -0.2) is 60.1 Å². The van der Waals surface area contributed by atoms with Gasteiger partial charge in [-0.3, -0.25) is 9.69 Å². The molecule has 1 aliphatic rings. The van der Waals surface area contributed by atoms with Crippen LogP contribution in [0.4, 0.5) is 0 Å². The molecule has 12 heavy (non-hydrogen) atoms. The summed E-state index contributed by atoms with van der Waals surface area (Å²) >= 11 is 0. The number of aliphatic carboxylic acids is 1. The summed E-state index contributed by atoms with van der Waals surface area (Å²) < 4.78 is 0. The first-order valence-electron chi connectivity index (χ1n) is 4.30. The number of piperazine rings is 1. The molecule has 1 saturated heterocycles. The molecule has 0 saturated carbocycles. The summed E-state index contributed by atoms with van der Waals surface area (Å²) in [6.45, 7) is 5.49. The lowest BCUT2D eigenvalue weighted by Crippen LogP contribution is -2.54. The van der Waals surface area contributed by atoms with Crippen molar-refractivity contribution in [2.45, 2.75) is 13.0 Å². The first-order chi connectivity index (χ1) is 5.65. The van der Waals surface area contributed by atoms with Gasteiger partial charge in [0.05, 0.1) is 0 Å². The van der Waals surface area contributed by atoms with Gasteiger partial charge in [-0.15, -0.1) is 0 Å². The van der Waals surface area contributed by atoms with E-state index in [1.54, 1.807) is 0 Å².